The van der Waals surface area contributed by atoms with E-state index in [1.807, 2.05) is 0 Å². The summed E-state index contributed by atoms with van der Waals surface area (Å²) in [5, 5.41) is 0. The van der Waals surface area contributed by atoms with Gasteiger partial charge in [0.25, 0.3) is 9.05 Å². The van der Waals surface area contributed by atoms with Crippen LogP contribution in [0, 0.1) is 0 Å². The summed E-state index contributed by atoms with van der Waals surface area (Å²) < 4.78 is 21.8. The van der Waals surface area contributed by atoms with Gasteiger partial charge in [-0.05, 0) is 19.9 Å². The molecule has 1 aliphatic heterocycles. The third kappa shape index (κ3) is 1.50. The number of nitrogens with one attached hydrogen (secondary N) is 1. The standard InChI is InChI=1S/C5H8ClNO3S/c1-4-3-5(2,7-10-4)11(6,8)9/h3,7H,1-2H3. The number of hydrogen-bond acceptors (Lipinski definition) is 4. The highest BCUT2D eigenvalue weighted by molar-refractivity contribution is 8.14. The maximum absolute atomic E-state index is 10.9. The molecule has 1 N–H and O–H groups in total. The fraction of sp³-hybridized carbons (Fsp3) is 0.600. The molecule has 1 heterocycles. The van der Waals surface area contributed by atoms with E-state index in [0.717, 1.165) is 0 Å². The largest absolute Gasteiger partial charge is 0.412 e. The number of allylic oxidation sites excluding steroid dienone is 1. The van der Waals surface area contributed by atoms with Crippen molar-refractivity contribution in [3.8, 4) is 0 Å². The van der Waals surface area contributed by atoms with E-state index in [1.165, 1.54) is 13.0 Å². The van der Waals surface area contributed by atoms with Crippen molar-refractivity contribution >= 4 is 19.7 Å². The van der Waals surface area contributed by atoms with Gasteiger partial charge in [0, 0.05) is 10.7 Å². The van der Waals surface area contributed by atoms with Crippen molar-refractivity contribution in [1.29, 1.82) is 0 Å². The molecule has 1 rings (SSSR count). The summed E-state index contributed by atoms with van der Waals surface area (Å²) in [5.74, 6) is 0.497. The maximum atomic E-state index is 10.9. The van der Waals surface area contributed by atoms with E-state index >= 15 is 0 Å². The Hall–Kier alpha value is -0.260. The molecule has 0 aliphatic carbocycles. The van der Waals surface area contributed by atoms with Gasteiger partial charge in [0.1, 0.15) is 5.76 Å². The normalized spacial score (nSPS) is 31.4. The summed E-state index contributed by atoms with van der Waals surface area (Å²) in [5.41, 5.74) is 2.31. The molecule has 0 amide bonds. The predicted molar refractivity (Wildman–Crippen MR) is 41.2 cm³/mol. The molecule has 64 valence electrons. The topological polar surface area (TPSA) is 55.4 Å². The van der Waals surface area contributed by atoms with Crippen LogP contribution in [-0.2, 0) is 13.9 Å². The Bertz CT molecular complexity index is 297. The lowest BCUT2D eigenvalue weighted by Gasteiger charge is -2.15. The number of hydrogen-bond donors (Lipinski definition) is 1. The molecule has 4 nitrogen and oxygen atoms in total. The molecular weight excluding hydrogens is 190 g/mol. The molecule has 0 aromatic heterocycles. The van der Waals surface area contributed by atoms with E-state index in [1.54, 1.807) is 6.92 Å². The summed E-state index contributed by atoms with van der Waals surface area (Å²) >= 11 is 0. The zero-order chi connectivity index (χ0) is 8.70. The van der Waals surface area contributed by atoms with Gasteiger partial charge in [0.2, 0.25) is 0 Å². The van der Waals surface area contributed by atoms with Crippen LogP contribution in [0.3, 0.4) is 0 Å². The van der Waals surface area contributed by atoms with Gasteiger partial charge in [-0.25, -0.2) is 8.42 Å². The van der Waals surface area contributed by atoms with E-state index in [0.29, 0.717) is 5.76 Å². The second kappa shape index (κ2) is 2.36. The van der Waals surface area contributed by atoms with Crippen LogP contribution in [-0.4, -0.2) is 13.3 Å². The molecule has 0 aromatic rings. The van der Waals surface area contributed by atoms with Gasteiger partial charge in [-0.3, -0.25) is 0 Å². The van der Waals surface area contributed by atoms with Gasteiger partial charge in [-0.1, -0.05) is 0 Å². The van der Waals surface area contributed by atoms with Gasteiger partial charge in [-0.15, -0.1) is 5.48 Å². The molecule has 6 heteroatoms. The molecule has 0 fully saturated rings. The minimum atomic E-state index is -3.68. The molecule has 0 bridgehead atoms. The molecule has 0 saturated heterocycles. The fourth-order valence-corrected chi connectivity index (χ4v) is 1.42. The molecule has 0 radical (unpaired) electrons. The van der Waals surface area contributed by atoms with Crippen LogP contribution in [0.25, 0.3) is 0 Å². The van der Waals surface area contributed by atoms with Crippen molar-refractivity contribution in [1.82, 2.24) is 5.48 Å². The third-order valence-electron chi connectivity index (χ3n) is 1.40. The first-order chi connectivity index (χ1) is 4.85. The molecule has 1 atom stereocenters. The highest BCUT2D eigenvalue weighted by Gasteiger charge is 2.40. The van der Waals surface area contributed by atoms with E-state index in [2.05, 4.69) is 5.48 Å². The first kappa shape index (κ1) is 8.83. The van der Waals surface area contributed by atoms with Gasteiger partial charge in [-0.2, -0.15) is 0 Å². The molecule has 0 aromatic carbocycles. The summed E-state index contributed by atoms with van der Waals surface area (Å²) in [4.78, 5) is 3.45. The van der Waals surface area contributed by atoms with E-state index in [4.69, 9.17) is 15.5 Å². The highest BCUT2D eigenvalue weighted by Crippen LogP contribution is 2.26. The van der Waals surface area contributed by atoms with Crippen molar-refractivity contribution in [2.24, 2.45) is 0 Å². The first-order valence-electron chi connectivity index (χ1n) is 2.93. The monoisotopic (exact) mass is 197 g/mol. The lowest BCUT2D eigenvalue weighted by atomic mass is 10.3. The average molecular weight is 198 g/mol. The zero-order valence-corrected chi connectivity index (χ0v) is 7.66. The number of halogens is 1. The summed E-state index contributed by atoms with van der Waals surface area (Å²) in [6.45, 7) is 3.06. The van der Waals surface area contributed by atoms with Crippen LogP contribution in [0.4, 0.5) is 0 Å². The van der Waals surface area contributed by atoms with Crippen molar-refractivity contribution in [2.45, 2.75) is 18.7 Å². The SMILES string of the molecule is CC1=CC(C)(S(=O)(=O)Cl)NO1. The molecule has 1 unspecified atom stereocenters. The smallest absolute Gasteiger partial charge is 0.258 e. The zero-order valence-electron chi connectivity index (χ0n) is 6.09. The maximum Gasteiger partial charge on any atom is 0.258 e. The van der Waals surface area contributed by atoms with E-state index in [9.17, 15) is 8.42 Å². The van der Waals surface area contributed by atoms with Gasteiger partial charge < -0.3 is 4.84 Å². The van der Waals surface area contributed by atoms with Crippen LogP contribution >= 0.6 is 10.7 Å². The van der Waals surface area contributed by atoms with Crippen molar-refractivity contribution in [2.75, 3.05) is 0 Å². The second-order valence-electron chi connectivity index (χ2n) is 2.50. The van der Waals surface area contributed by atoms with Crippen molar-refractivity contribution in [3.05, 3.63) is 11.8 Å². The summed E-state index contributed by atoms with van der Waals surface area (Å²) in [7, 11) is 1.46. The first-order valence-corrected chi connectivity index (χ1v) is 5.24. The van der Waals surface area contributed by atoms with Crippen LogP contribution in [0.5, 0.6) is 0 Å². The van der Waals surface area contributed by atoms with Gasteiger partial charge >= 0.3 is 0 Å². The lowest BCUT2D eigenvalue weighted by molar-refractivity contribution is 0.111. The third-order valence-corrected chi connectivity index (χ3v) is 3.58. The fourth-order valence-electron chi connectivity index (χ4n) is 0.749. The Labute approximate surface area is 69.6 Å². The highest BCUT2D eigenvalue weighted by atomic mass is 35.7. The Morgan fingerprint density at radius 2 is 2.27 bits per heavy atom. The quantitative estimate of drug-likeness (QED) is 0.629. The van der Waals surface area contributed by atoms with Crippen molar-refractivity contribution in [3.63, 3.8) is 0 Å². The Balaban J connectivity index is 3.05. The molecule has 0 spiro atoms. The number of rotatable bonds is 1. The molecule has 11 heavy (non-hydrogen) atoms. The minimum absolute atomic E-state index is 0.497. The van der Waals surface area contributed by atoms with E-state index in [-0.39, 0.29) is 0 Å². The van der Waals surface area contributed by atoms with Gasteiger partial charge in [0.15, 0.2) is 4.87 Å². The second-order valence-corrected chi connectivity index (χ2v) is 5.45. The van der Waals surface area contributed by atoms with Gasteiger partial charge in [0.05, 0.1) is 0 Å². The Kier molecular flexibility index (Phi) is 1.90. The number of hydroxylamine groups is 1. The van der Waals surface area contributed by atoms with Crippen LogP contribution in [0.15, 0.2) is 11.8 Å². The molecular formula is C5H8ClNO3S. The van der Waals surface area contributed by atoms with E-state index < -0.39 is 13.9 Å². The van der Waals surface area contributed by atoms with Crippen LogP contribution in [0.1, 0.15) is 13.8 Å². The Morgan fingerprint density at radius 1 is 1.73 bits per heavy atom. The average Bonchev–Trinajstić information content (AvgIpc) is 2.10. The molecule has 1 aliphatic rings. The van der Waals surface area contributed by atoms with Crippen molar-refractivity contribution < 1.29 is 13.3 Å². The predicted octanol–water partition coefficient (Wildman–Crippen LogP) is 0.710. The summed E-state index contributed by atoms with van der Waals surface area (Å²) in [6, 6.07) is 0. The lowest BCUT2D eigenvalue weighted by Crippen LogP contribution is -2.40. The molecule has 0 saturated carbocycles. The van der Waals surface area contributed by atoms with Crippen LogP contribution < -0.4 is 5.48 Å². The minimum Gasteiger partial charge on any atom is -0.412 e. The van der Waals surface area contributed by atoms with Crippen LogP contribution in [0.2, 0.25) is 0 Å². The summed E-state index contributed by atoms with van der Waals surface area (Å²) in [6.07, 6.45) is 1.41. The Morgan fingerprint density at radius 3 is 2.45 bits per heavy atom.